The van der Waals surface area contributed by atoms with E-state index in [1.807, 2.05) is 42.5 Å². The Morgan fingerprint density at radius 1 is 1.11 bits per heavy atom. The lowest BCUT2D eigenvalue weighted by Gasteiger charge is -2.18. The Morgan fingerprint density at radius 2 is 1.79 bits per heavy atom. The molecule has 1 unspecified atom stereocenters. The minimum Gasteiger partial charge on any atom is -0.496 e. The standard InChI is InChI=1S/C15H18N2OS/c1-18-15-10-6-5-9-13(15)14(17-16)11-19-12-7-3-2-4-8-12/h2-10,14,17H,11,16H2,1H3. The second-order valence-electron chi connectivity index (χ2n) is 4.09. The third-order valence-electron chi connectivity index (χ3n) is 2.88. The van der Waals surface area contributed by atoms with E-state index in [4.69, 9.17) is 10.6 Å². The van der Waals surface area contributed by atoms with Crippen LogP contribution in [0.4, 0.5) is 0 Å². The Morgan fingerprint density at radius 3 is 2.47 bits per heavy atom. The van der Waals surface area contributed by atoms with Crippen LogP contribution in [0.2, 0.25) is 0 Å². The molecule has 0 amide bonds. The minimum atomic E-state index is 0.0568. The number of hydrazine groups is 1. The van der Waals surface area contributed by atoms with E-state index in [1.54, 1.807) is 18.9 Å². The largest absolute Gasteiger partial charge is 0.496 e. The molecule has 0 saturated carbocycles. The van der Waals surface area contributed by atoms with Gasteiger partial charge in [0, 0.05) is 16.2 Å². The molecule has 19 heavy (non-hydrogen) atoms. The van der Waals surface area contributed by atoms with Gasteiger partial charge in [0.25, 0.3) is 0 Å². The van der Waals surface area contributed by atoms with Crippen molar-refractivity contribution in [2.24, 2.45) is 5.84 Å². The van der Waals surface area contributed by atoms with Crippen molar-refractivity contribution < 1.29 is 4.74 Å². The number of nitrogens with one attached hydrogen (secondary N) is 1. The molecule has 3 nitrogen and oxygen atoms in total. The minimum absolute atomic E-state index is 0.0568. The number of rotatable bonds is 6. The van der Waals surface area contributed by atoms with Crippen LogP contribution >= 0.6 is 11.8 Å². The summed E-state index contributed by atoms with van der Waals surface area (Å²) in [5, 5.41) is 0. The molecule has 0 spiro atoms. The number of hydrogen-bond acceptors (Lipinski definition) is 4. The Labute approximate surface area is 118 Å². The molecule has 1 atom stereocenters. The molecular weight excluding hydrogens is 256 g/mol. The van der Waals surface area contributed by atoms with Crippen molar-refractivity contribution in [3.8, 4) is 5.75 Å². The number of hydrogen-bond donors (Lipinski definition) is 2. The number of nitrogens with two attached hydrogens (primary N) is 1. The van der Waals surface area contributed by atoms with Crippen molar-refractivity contribution in [3.63, 3.8) is 0 Å². The molecule has 3 N–H and O–H groups in total. The first kappa shape index (κ1) is 13.9. The summed E-state index contributed by atoms with van der Waals surface area (Å²) in [7, 11) is 1.68. The van der Waals surface area contributed by atoms with Crippen LogP contribution in [0.3, 0.4) is 0 Å². The van der Waals surface area contributed by atoms with Crippen LogP contribution in [0.1, 0.15) is 11.6 Å². The fraction of sp³-hybridized carbons (Fsp3) is 0.200. The van der Waals surface area contributed by atoms with Crippen LogP contribution in [-0.4, -0.2) is 12.9 Å². The smallest absolute Gasteiger partial charge is 0.123 e. The average Bonchev–Trinajstić information content (AvgIpc) is 2.49. The Hall–Kier alpha value is -1.49. The fourth-order valence-corrected chi connectivity index (χ4v) is 2.86. The van der Waals surface area contributed by atoms with E-state index in [9.17, 15) is 0 Å². The SMILES string of the molecule is COc1ccccc1C(CSc1ccccc1)NN. The number of thioether (sulfide) groups is 1. The summed E-state index contributed by atoms with van der Waals surface area (Å²) in [6, 6.07) is 18.3. The molecule has 2 aromatic carbocycles. The zero-order valence-electron chi connectivity index (χ0n) is 10.9. The molecule has 0 heterocycles. The lowest BCUT2D eigenvalue weighted by molar-refractivity contribution is 0.403. The van der Waals surface area contributed by atoms with Gasteiger partial charge in [-0.15, -0.1) is 11.8 Å². The summed E-state index contributed by atoms with van der Waals surface area (Å²) in [5.41, 5.74) is 3.94. The zero-order chi connectivity index (χ0) is 13.5. The molecule has 0 aliphatic rings. The maximum atomic E-state index is 5.67. The molecule has 0 bridgehead atoms. The second kappa shape index (κ2) is 7.19. The molecule has 0 aliphatic carbocycles. The fourth-order valence-electron chi connectivity index (χ4n) is 1.88. The van der Waals surface area contributed by atoms with Crippen molar-refractivity contribution in [2.45, 2.75) is 10.9 Å². The molecule has 2 aromatic rings. The van der Waals surface area contributed by atoms with Crippen LogP contribution in [0.5, 0.6) is 5.75 Å². The van der Waals surface area contributed by atoms with Crippen molar-refractivity contribution in [1.82, 2.24) is 5.43 Å². The first-order valence-corrected chi connectivity index (χ1v) is 7.10. The quantitative estimate of drug-likeness (QED) is 0.483. The van der Waals surface area contributed by atoms with Gasteiger partial charge in [0.2, 0.25) is 0 Å². The molecule has 0 radical (unpaired) electrons. The van der Waals surface area contributed by atoms with Gasteiger partial charge in [-0.05, 0) is 18.2 Å². The van der Waals surface area contributed by atoms with Gasteiger partial charge in [0.1, 0.15) is 5.75 Å². The summed E-state index contributed by atoms with van der Waals surface area (Å²) < 4.78 is 5.38. The van der Waals surface area contributed by atoms with Gasteiger partial charge in [-0.1, -0.05) is 36.4 Å². The lowest BCUT2D eigenvalue weighted by atomic mass is 10.1. The highest BCUT2D eigenvalue weighted by atomic mass is 32.2. The molecule has 100 valence electrons. The van der Waals surface area contributed by atoms with E-state index < -0.39 is 0 Å². The molecule has 0 aliphatic heterocycles. The Balaban J connectivity index is 2.08. The van der Waals surface area contributed by atoms with Gasteiger partial charge < -0.3 is 4.74 Å². The summed E-state index contributed by atoms with van der Waals surface area (Å²) >= 11 is 1.77. The number of methoxy groups -OCH3 is 1. The van der Waals surface area contributed by atoms with Crippen LogP contribution < -0.4 is 16.0 Å². The maximum Gasteiger partial charge on any atom is 0.123 e. The number of ether oxygens (including phenoxy) is 1. The van der Waals surface area contributed by atoms with Gasteiger partial charge >= 0.3 is 0 Å². The van der Waals surface area contributed by atoms with Crippen molar-refractivity contribution in [3.05, 3.63) is 60.2 Å². The first-order chi connectivity index (χ1) is 9.35. The lowest BCUT2D eigenvalue weighted by Crippen LogP contribution is -2.30. The van der Waals surface area contributed by atoms with Crippen molar-refractivity contribution in [1.29, 1.82) is 0 Å². The molecule has 0 saturated heterocycles. The van der Waals surface area contributed by atoms with Gasteiger partial charge in [-0.3, -0.25) is 11.3 Å². The predicted octanol–water partition coefficient (Wildman–Crippen LogP) is 2.99. The predicted molar refractivity (Wildman–Crippen MR) is 80.2 cm³/mol. The molecular formula is C15H18N2OS. The Kier molecular flexibility index (Phi) is 5.27. The third-order valence-corrected chi connectivity index (χ3v) is 3.98. The van der Waals surface area contributed by atoms with E-state index in [2.05, 4.69) is 17.6 Å². The monoisotopic (exact) mass is 274 g/mol. The van der Waals surface area contributed by atoms with E-state index in [-0.39, 0.29) is 6.04 Å². The highest BCUT2D eigenvalue weighted by molar-refractivity contribution is 7.99. The molecule has 2 rings (SSSR count). The van der Waals surface area contributed by atoms with E-state index in [0.29, 0.717) is 0 Å². The third kappa shape index (κ3) is 3.73. The molecule has 0 aromatic heterocycles. The normalized spacial score (nSPS) is 12.1. The summed E-state index contributed by atoms with van der Waals surface area (Å²) in [6.45, 7) is 0. The Bertz CT molecular complexity index is 505. The van der Waals surface area contributed by atoms with Crippen LogP contribution in [0, 0.1) is 0 Å². The second-order valence-corrected chi connectivity index (χ2v) is 5.18. The summed E-state index contributed by atoms with van der Waals surface area (Å²) in [4.78, 5) is 1.23. The van der Waals surface area contributed by atoms with Gasteiger partial charge in [-0.25, -0.2) is 0 Å². The zero-order valence-corrected chi connectivity index (χ0v) is 11.7. The van der Waals surface area contributed by atoms with Crippen LogP contribution in [-0.2, 0) is 0 Å². The first-order valence-electron chi connectivity index (χ1n) is 6.12. The maximum absolute atomic E-state index is 5.67. The van der Waals surface area contributed by atoms with Gasteiger partial charge in [0.05, 0.1) is 13.2 Å². The molecule has 0 fully saturated rings. The number of benzene rings is 2. The van der Waals surface area contributed by atoms with Gasteiger partial charge in [-0.2, -0.15) is 0 Å². The summed E-state index contributed by atoms with van der Waals surface area (Å²) in [6.07, 6.45) is 0. The topological polar surface area (TPSA) is 47.3 Å². The van der Waals surface area contributed by atoms with Crippen molar-refractivity contribution >= 4 is 11.8 Å². The van der Waals surface area contributed by atoms with Gasteiger partial charge in [0.15, 0.2) is 0 Å². The van der Waals surface area contributed by atoms with Crippen LogP contribution in [0.25, 0.3) is 0 Å². The van der Waals surface area contributed by atoms with Crippen LogP contribution in [0.15, 0.2) is 59.5 Å². The number of para-hydroxylation sites is 1. The van der Waals surface area contributed by atoms with E-state index >= 15 is 0 Å². The summed E-state index contributed by atoms with van der Waals surface area (Å²) in [5.74, 6) is 7.38. The van der Waals surface area contributed by atoms with E-state index in [1.165, 1.54) is 4.90 Å². The van der Waals surface area contributed by atoms with Crippen molar-refractivity contribution in [2.75, 3.05) is 12.9 Å². The highest BCUT2D eigenvalue weighted by Gasteiger charge is 2.14. The highest BCUT2D eigenvalue weighted by Crippen LogP contribution is 2.29. The molecule has 4 heteroatoms. The average molecular weight is 274 g/mol. The van der Waals surface area contributed by atoms with E-state index in [0.717, 1.165) is 17.1 Å².